The Balaban J connectivity index is 1.95. The van der Waals surface area contributed by atoms with Crippen molar-refractivity contribution in [2.45, 2.75) is 0 Å². The number of methoxy groups -OCH3 is 2. The van der Waals surface area contributed by atoms with Crippen LogP contribution in [-0.2, 0) is 14.2 Å². The lowest BCUT2D eigenvalue weighted by molar-refractivity contribution is 0.0180. The number of phenols is 1. The molecule has 28 heavy (non-hydrogen) atoms. The van der Waals surface area contributed by atoms with Crippen LogP contribution in [0.1, 0.15) is 10.4 Å². The fourth-order valence-electron chi connectivity index (χ4n) is 2.54. The van der Waals surface area contributed by atoms with Crippen molar-refractivity contribution in [3.63, 3.8) is 0 Å². The van der Waals surface area contributed by atoms with Crippen molar-refractivity contribution in [1.29, 1.82) is 0 Å². The molecule has 2 rings (SSSR count). The first kappa shape index (κ1) is 21.7. The Morgan fingerprint density at radius 3 is 2.25 bits per heavy atom. The average Bonchev–Trinajstić information content (AvgIpc) is 2.73. The Hall–Kier alpha value is -2.61. The fourth-order valence-corrected chi connectivity index (χ4v) is 2.54. The predicted octanol–water partition coefficient (Wildman–Crippen LogP) is 2.94. The van der Waals surface area contributed by atoms with Gasteiger partial charge in [-0.1, -0.05) is 18.2 Å². The zero-order chi connectivity index (χ0) is 20.2. The summed E-state index contributed by atoms with van der Waals surface area (Å²) in [5.41, 5.74) is 1.65. The molecule has 0 aliphatic heterocycles. The highest BCUT2D eigenvalue weighted by Crippen LogP contribution is 2.37. The third kappa shape index (κ3) is 6.23. The molecule has 0 bridgehead atoms. The number of hydrogen-bond acceptors (Lipinski definition) is 7. The summed E-state index contributed by atoms with van der Waals surface area (Å²) < 4.78 is 26.7. The number of ether oxygens (including phenoxy) is 5. The van der Waals surface area contributed by atoms with Gasteiger partial charge in [0.2, 0.25) is 0 Å². The highest BCUT2D eigenvalue weighted by molar-refractivity contribution is 5.86. The molecule has 2 aromatic rings. The Labute approximate surface area is 164 Å². The van der Waals surface area contributed by atoms with Crippen molar-refractivity contribution in [1.82, 2.24) is 0 Å². The normalized spacial score (nSPS) is 10.6. The fraction of sp³-hybridized carbons (Fsp3) is 0.381. The summed E-state index contributed by atoms with van der Waals surface area (Å²) in [6, 6.07) is 10.7. The molecule has 0 heterocycles. The number of carbonyl (C=O) groups is 1. The minimum Gasteiger partial charge on any atom is -0.504 e. The molecule has 0 aromatic heterocycles. The van der Waals surface area contributed by atoms with E-state index in [9.17, 15) is 9.90 Å². The standard InChI is InChI=1S/C21H26O7/c1-24-7-8-26-9-10-27-11-12-28-19-6-4-3-5-18(19)16-13-17(15-22)21(23)20(14-16)25-2/h3-6,13-15,23H,7-12H2,1-2H3. The van der Waals surface area contributed by atoms with E-state index in [1.165, 1.54) is 7.11 Å². The summed E-state index contributed by atoms with van der Waals surface area (Å²) >= 11 is 0. The van der Waals surface area contributed by atoms with Gasteiger partial charge in [-0.05, 0) is 23.8 Å². The summed E-state index contributed by atoms with van der Waals surface area (Å²) in [6.45, 7) is 2.87. The first-order chi connectivity index (χ1) is 13.7. The van der Waals surface area contributed by atoms with Crippen molar-refractivity contribution >= 4 is 6.29 Å². The number of rotatable bonds is 13. The van der Waals surface area contributed by atoms with E-state index in [1.54, 1.807) is 19.2 Å². The number of aromatic hydroxyl groups is 1. The Bertz CT molecular complexity index is 746. The molecule has 0 unspecified atom stereocenters. The number of para-hydroxylation sites is 1. The topological polar surface area (TPSA) is 83.5 Å². The van der Waals surface area contributed by atoms with Gasteiger partial charge in [0.1, 0.15) is 12.4 Å². The molecular formula is C21H26O7. The average molecular weight is 390 g/mol. The number of carbonyl (C=O) groups excluding carboxylic acids is 1. The van der Waals surface area contributed by atoms with E-state index in [2.05, 4.69) is 0 Å². The Morgan fingerprint density at radius 2 is 1.57 bits per heavy atom. The molecule has 0 aliphatic rings. The van der Waals surface area contributed by atoms with Gasteiger partial charge in [-0.25, -0.2) is 0 Å². The third-order valence-electron chi connectivity index (χ3n) is 3.94. The van der Waals surface area contributed by atoms with Crippen molar-refractivity contribution in [3.8, 4) is 28.4 Å². The van der Waals surface area contributed by atoms with Crippen LogP contribution < -0.4 is 9.47 Å². The molecule has 0 spiro atoms. The zero-order valence-electron chi connectivity index (χ0n) is 16.2. The minimum atomic E-state index is -0.180. The molecule has 0 radical (unpaired) electrons. The van der Waals surface area contributed by atoms with Crippen molar-refractivity contribution in [2.75, 3.05) is 53.9 Å². The van der Waals surface area contributed by atoms with E-state index < -0.39 is 0 Å². The SMILES string of the molecule is COCCOCCOCCOc1ccccc1-c1cc(C=O)c(O)c(OC)c1. The van der Waals surface area contributed by atoms with Crippen LogP contribution in [0.2, 0.25) is 0 Å². The summed E-state index contributed by atoms with van der Waals surface area (Å²) in [5.74, 6) is 0.694. The zero-order valence-corrected chi connectivity index (χ0v) is 16.2. The minimum absolute atomic E-state index is 0.154. The molecule has 0 saturated heterocycles. The number of phenolic OH excluding ortho intramolecular Hbond substituents is 1. The second-order valence-electron chi connectivity index (χ2n) is 5.80. The molecule has 0 aliphatic carbocycles. The first-order valence-corrected chi connectivity index (χ1v) is 8.94. The van der Waals surface area contributed by atoms with Crippen molar-refractivity contribution in [2.24, 2.45) is 0 Å². The Kier molecular flexibility index (Phi) is 9.27. The van der Waals surface area contributed by atoms with Gasteiger partial charge in [-0.2, -0.15) is 0 Å². The molecule has 152 valence electrons. The van der Waals surface area contributed by atoms with Crippen molar-refractivity contribution < 1.29 is 33.6 Å². The molecule has 0 amide bonds. The van der Waals surface area contributed by atoms with Crippen LogP contribution in [0.4, 0.5) is 0 Å². The van der Waals surface area contributed by atoms with Crippen LogP contribution in [0.25, 0.3) is 11.1 Å². The largest absolute Gasteiger partial charge is 0.504 e. The molecule has 0 saturated carbocycles. The maximum Gasteiger partial charge on any atom is 0.168 e. The van der Waals surface area contributed by atoms with Gasteiger partial charge < -0.3 is 28.8 Å². The van der Waals surface area contributed by atoms with Crippen LogP contribution in [-0.4, -0.2) is 65.3 Å². The smallest absolute Gasteiger partial charge is 0.168 e. The molecule has 0 fully saturated rings. The molecule has 7 heteroatoms. The third-order valence-corrected chi connectivity index (χ3v) is 3.94. The van der Waals surface area contributed by atoms with Crippen LogP contribution in [0.15, 0.2) is 36.4 Å². The molecule has 2 aromatic carbocycles. The molecular weight excluding hydrogens is 364 g/mol. The van der Waals surface area contributed by atoms with E-state index in [4.69, 9.17) is 23.7 Å². The van der Waals surface area contributed by atoms with E-state index in [-0.39, 0.29) is 17.1 Å². The van der Waals surface area contributed by atoms with E-state index >= 15 is 0 Å². The van der Waals surface area contributed by atoms with Crippen LogP contribution >= 0.6 is 0 Å². The number of hydrogen-bond donors (Lipinski definition) is 1. The van der Waals surface area contributed by atoms with Gasteiger partial charge in [0, 0.05) is 12.7 Å². The van der Waals surface area contributed by atoms with Gasteiger partial charge in [-0.15, -0.1) is 0 Å². The highest BCUT2D eigenvalue weighted by Gasteiger charge is 2.14. The predicted molar refractivity (Wildman–Crippen MR) is 104 cm³/mol. The lowest BCUT2D eigenvalue weighted by atomic mass is 10.0. The highest BCUT2D eigenvalue weighted by atomic mass is 16.6. The Morgan fingerprint density at radius 1 is 0.893 bits per heavy atom. The quantitative estimate of drug-likeness (QED) is 0.416. The summed E-state index contributed by atoms with van der Waals surface area (Å²) in [7, 11) is 3.06. The van der Waals surface area contributed by atoms with E-state index in [1.807, 2.05) is 24.3 Å². The first-order valence-electron chi connectivity index (χ1n) is 8.94. The van der Waals surface area contributed by atoms with Gasteiger partial charge in [0.25, 0.3) is 0 Å². The molecule has 1 N–H and O–H groups in total. The van der Waals surface area contributed by atoms with E-state index in [0.717, 1.165) is 5.56 Å². The van der Waals surface area contributed by atoms with E-state index in [0.29, 0.717) is 57.2 Å². The van der Waals surface area contributed by atoms with Crippen LogP contribution in [0.5, 0.6) is 17.2 Å². The number of aldehydes is 1. The second-order valence-corrected chi connectivity index (χ2v) is 5.80. The lowest BCUT2D eigenvalue weighted by Crippen LogP contribution is -2.12. The maximum absolute atomic E-state index is 11.2. The van der Waals surface area contributed by atoms with Gasteiger partial charge >= 0.3 is 0 Å². The van der Waals surface area contributed by atoms with Crippen molar-refractivity contribution in [3.05, 3.63) is 42.0 Å². The second kappa shape index (κ2) is 12.0. The van der Waals surface area contributed by atoms with Crippen LogP contribution in [0, 0.1) is 0 Å². The maximum atomic E-state index is 11.2. The summed E-state index contributed by atoms with van der Waals surface area (Å²) in [6.07, 6.45) is 0.591. The summed E-state index contributed by atoms with van der Waals surface area (Å²) in [5, 5.41) is 10.0. The van der Waals surface area contributed by atoms with Gasteiger partial charge in [-0.3, -0.25) is 4.79 Å². The lowest BCUT2D eigenvalue weighted by Gasteiger charge is -2.14. The monoisotopic (exact) mass is 390 g/mol. The number of benzene rings is 2. The molecule has 0 atom stereocenters. The molecule has 7 nitrogen and oxygen atoms in total. The van der Waals surface area contributed by atoms with Crippen LogP contribution in [0.3, 0.4) is 0 Å². The summed E-state index contributed by atoms with van der Waals surface area (Å²) in [4.78, 5) is 11.2. The van der Waals surface area contributed by atoms with Gasteiger partial charge in [0.05, 0.1) is 45.7 Å². The van der Waals surface area contributed by atoms with Gasteiger partial charge in [0.15, 0.2) is 17.8 Å².